The first-order valence-corrected chi connectivity index (χ1v) is 10.6. The van der Waals surface area contributed by atoms with Gasteiger partial charge in [-0.1, -0.05) is 65.1 Å². The smallest absolute Gasteiger partial charge is 0.329 e. The highest BCUT2D eigenvalue weighted by Gasteiger charge is 2.12. The number of benzene rings is 3. The lowest BCUT2D eigenvalue weighted by Crippen LogP contribution is -2.37. The van der Waals surface area contributed by atoms with Gasteiger partial charge in [-0.15, -0.1) is 0 Å². The molecule has 0 unspecified atom stereocenters. The molecule has 0 aliphatic rings. The van der Waals surface area contributed by atoms with Crippen LogP contribution in [0.4, 0.5) is 0 Å². The number of hydrogen-bond acceptors (Lipinski definition) is 4. The molecule has 2 N–H and O–H groups in total. The fourth-order valence-electron chi connectivity index (χ4n) is 2.59. The summed E-state index contributed by atoms with van der Waals surface area (Å²) in [6, 6.07) is 19.2. The van der Waals surface area contributed by atoms with Gasteiger partial charge in [-0.25, -0.2) is 5.43 Å². The standard InChI is InChI=1S/C23H18Cl3N3O3/c24-18-8-5-15(6-9-18)12-27-22(30)23(31)29-28-13-16-3-1-2-4-21(16)32-14-17-7-10-19(25)11-20(17)26/h1-11,13H,12,14H2,(H,27,30)(H,29,31)/b28-13-. The highest BCUT2D eigenvalue weighted by molar-refractivity contribution is 6.35. The van der Waals surface area contributed by atoms with Crippen molar-refractivity contribution in [3.05, 3.63) is 98.5 Å². The molecule has 2 amide bonds. The van der Waals surface area contributed by atoms with Crippen LogP contribution in [0.3, 0.4) is 0 Å². The number of nitrogens with one attached hydrogen (secondary N) is 2. The Morgan fingerprint density at radius 1 is 0.906 bits per heavy atom. The third-order valence-corrected chi connectivity index (χ3v) is 5.10. The second-order valence-corrected chi connectivity index (χ2v) is 7.85. The van der Waals surface area contributed by atoms with Crippen LogP contribution in [0.25, 0.3) is 0 Å². The average Bonchev–Trinajstić information content (AvgIpc) is 2.78. The Hall–Kier alpha value is -3.06. The normalized spacial score (nSPS) is 10.7. The molecule has 0 fully saturated rings. The van der Waals surface area contributed by atoms with Gasteiger partial charge < -0.3 is 10.1 Å². The van der Waals surface area contributed by atoms with Gasteiger partial charge in [0.1, 0.15) is 12.4 Å². The average molecular weight is 491 g/mol. The van der Waals surface area contributed by atoms with E-state index in [1.165, 1.54) is 6.21 Å². The monoisotopic (exact) mass is 489 g/mol. The van der Waals surface area contributed by atoms with E-state index < -0.39 is 11.8 Å². The van der Waals surface area contributed by atoms with Gasteiger partial charge in [0.15, 0.2) is 0 Å². The molecule has 0 aliphatic heterocycles. The largest absolute Gasteiger partial charge is 0.488 e. The summed E-state index contributed by atoms with van der Waals surface area (Å²) in [5.41, 5.74) is 4.39. The molecule has 164 valence electrons. The number of carbonyl (C=O) groups excluding carboxylic acids is 2. The summed E-state index contributed by atoms with van der Waals surface area (Å²) in [4.78, 5) is 23.9. The summed E-state index contributed by atoms with van der Waals surface area (Å²) >= 11 is 17.9. The fourth-order valence-corrected chi connectivity index (χ4v) is 3.18. The third-order valence-electron chi connectivity index (χ3n) is 4.26. The van der Waals surface area contributed by atoms with E-state index in [0.29, 0.717) is 26.4 Å². The minimum atomic E-state index is -0.887. The molecule has 32 heavy (non-hydrogen) atoms. The van der Waals surface area contributed by atoms with Crippen LogP contribution in [-0.2, 0) is 22.7 Å². The molecule has 0 aliphatic carbocycles. The Morgan fingerprint density at radius 2 is 1.62 bits per heavy atom. The minimum absolute atomic E-state index is 0.192. The van der Waals surface area contributed by atoms with Crippen molar-refractivity contribution in [3.8, 4) is 5.75 Å². The second kappa shape index (κ2) is 11.5. The molecule has 3 aromatic carbocycles. The predicted molar refractivity (Wildman–Crippen MR) is 126 cm³/mol. The van der Waals surface area contributed by atoms with Crippen LogP contribution < -0.4 is 15.5 Å². The van der Waals surface area contributed by atoms with Crippen LogP contribution >= 0.6 is 34.8 Å². The Morgan fingerprint density at radius 3 is 2.38 bits per heavy atom. The van der Waals surface area contributed by atoms with E-state index in [9.17, 15) is 9.59 Å². The molecule has 0 atom stereocenters. The highest BCUT2D eigenvalue weighted by atomic mass is 35.5. The summed E-state index contributed by atoms with van der Waals surface area (Å²) in [6.07, 6.45) is 1.39. The van der Waals surface area contributed by atoms with Gasteiger partial charge in [0.05, 0.1) is 6.21 Å². The molecule has 6 nitrogen and oxygen atoms in total. The molecule has 3 rings (SSSR count). The van der Waals surface area contributed by atoms with Crippen molar-refractivity contribution in [2.45, 2.75) is 13.2 Å². The highest BCUT2D eigenvalue weighted by Crippen LogP contribution is 2.23. The van der Waals surface area contributed by atoms with Crippen LogP contribution in [0.15, 0.2) is 71.8 Å². The fraction of sp³-hybridized carbons (Fsp3) is 0.0870. The quantitative estimate of drug-likeness (QED) is 0.278. The van der Waals surface area contributed by atoms with Crippen molar-refractivity contribution in [1.29, 1.82) is 0 Å². The topological polar surface area (TPSA) is 79.8 Å². The van der Waals surface area contributed by atoms with Gasteiger partial charge in [0.2, 0.25) is 0 Å². The van der Waals surface area contributed by atoms with Gasteiger partial charge in [-0.05, 0) is 42.0 Å². The molecular weight excluding hydrogens is 473 g/mol. The van der Waals surface area contributed by atoms with Gasteiger partial charge in [0, 0.05) is 32.7 Å². The SMILES string of the molecule is O=C(NCc1ccc(Cl)cc1)C(=O)N/N=C\c1ccccc1OCc1ccc(Cl)cc1Cl. The number of hydrogen-bond donors (Lipinski definition) is 2. The van der Waals surface area contributed by atoms with Crippen molar-refractivity contribution in [2.75, 3.05) is 0 Å². The van der Waals surface area contributed by atoms with E-state index >= 15 is 0 Å². The van der Waals surface area contributed by atoms with E-state index in [4.69, 9.17) is 39.5 Å². The Kier molecular flexibility index (Phi) is 8.50. The zero-order valence-electron chi connectivity index (χ0n) is 16.6. The first kappa shape index (κ1) is 23.6. The number of halogens is 3. The third kappa shape index (κ3) is 6.99. The molecule has 9 heteroatoms. The van der Waals surface area contributed by atoms with Crippen LogP contribution in [0, 0.1) is 0 Å². The number of amides is 2. The zero-order chi connectivity index (χ0) is 22.9. The van der Waals surface area contributed by atoms with Crippen LogP contribution in [0.1, 0.15) is 16.7 Å². The van der Waals surface area contributed by atoms with Crippen LogP contribution in [-0.4, -0.2) is 18.0 Å². The van der Waals surface area contributed by atoms with Crippen molar-refractivity contribution < 1.29 is 14.3 Å². The van der Waals surface area contributed by atoms with E-state index in [1.807, 2.05) is 0 Å². The maximum atomic E-state index is 12.0. The lowest BCUT2D eigenvalue weighted by atomic mass is 10.2. The van der Waals surface area contributed by atoms with E-state index in [0.717, 1.165) is 11.1 Å². The molecule has 0 spiro atoms. The van der Waals surface area contributed by atoms with Crippen molar-refractivity contribution in [3.63, 3.8) is 0 Å². The molecule has 0 saturated heterocycles. The van der Waals surface area contributed by atoms with Crippen LogP contribution in [0.5, 0.6) is 5.75 Å². The number of rotatable bonds is 7. The summed E-state index contributed by atoms with van der Waals surface area (Å²) < 4.78 is 5.82. The molecule has 0 aromatic heterocycles. The Bertz CT molecular complexity index is 1130. The molecule has 3 aromatic rings. The second-order valence-electron chi connectivity index (χ2n) is 6.57. The first-order valence-electron chi connectivity index (χ1n) is 9.44. The summed E-state index contributed by atoms with van der Waals surface area (Å²) in [5.74, 6) is -1.16. The molecular formula is C23H18Cl3N3O3. The summed E-state index contributed by atoms with van der Waals surface area (Å²) in [5, 5.41) is 7.99. The van der Waals surface area contributed by atoms with E-state index in [2.05, 4.69) is 15.8 Å². The van der Waals surface area contributed by atoms with Crippen molar-refractivity contribution >= 4 is 52.8 Å². The number of hydrazone groups is 1. The lowest BCUT2D eigenvalue weighted by molar-refractivity contribution is -0.139. The minimum Gasteiger partial charge on any atom is -0.488 e. The van der Waals surface area contributed by atoms with Crippen molar-refractivity contribution in [2.24, 2.45) is 5.10 Å². The number of para-hydroxylation sites is 1. The Labute approximate surface area is 200 Å². The van der Waals surface area contributed by atoms with E-state index in [1.54, 1.807) is 66.7 Å². The maximum absolute atomic E-state index is 12.0. The van der Waals surface area contributed by atoms with Gasteiger partial charge in [-0.2, -0.15) is 5.10 Å². The summed E-state index contributed by atoms with van der Waals surface area (Å²) in [6.45, 7) is 0.414. The predicted octanol–water partition coefficient (Wildman–Crippen LogP) is 4.99. The van der Waals surface area contributed by atoms with Gasteiger partial charge in [0.25, 0.3) is 0 Å². The van der Waals surface area contributed by atoms with Gasteiger partial charge >= 0.3 is 11.8 Å². The maximum Gasteiger partial charge on any atom is 0.329 e. The zero-order valence-corrected chi connectivity index (χ0v) is 18.9. The van der Waals surface area contributed by atoms with E-state index in [-0.39, 0.29) is 13.2 Å². The van der Waals surface area contributed by atoms with Crippen molar-refractivity contribution in [1.82, 2.24) is 10.7 Å². The molecule has 0 heterocycles. The number of ether oxygens (including phenoxy) is 1. The number of nitrogens with zero attached hydrogens (tertiary/aromatic N) is 1. The lowest BCUT2D eigenvalue weighted by Gasteiger charge is -2.10. The van der Waals surface area contributed by atoms with Gasteiger partial charge in [-0.3, -0.25) is 9.59 Å². The molecule has 0 radical (unpaired) electrons. The number of carbonyl (C=O) groups is 2. The Balaban J connectivity index is 1.53. The molecule has 0 bridgehead atoms. The van der Waals surface area contributed by atoms with Crippen LogP contribution in [0.2, 0.25) is 15.1 Å². The molecule has 0 saturated carbocycles. The first-order chi connectivity index (χ1) is 15.4. The summed E-state index contributed by atoms with van der Waals surface area (Å²) in [7, 11) is 0.